The standard InChI is InChI=1S/C14H15Cl4NO4/c1-5(2)19-10(20)6-7(11(19)21)13(18)9(16)8(15)12(6,17)14(13,22-3)23-4/h5-7H,1-4H3. The summed E-state index contributed by atoms with van der Waals surface area (Å²) in [7, 11) is 2.65. The summed E-state index contributed by atoms with van der Waals surface area (Å²) >= 11 is 26.2. The lowest BCUT2D eigenvalue weighted by atomic mass is 9.84. The van der Waals surface area contributed by atoms with Crippen LogP contribution in [-0.2, 0) is 19.1 Å². The van der Waals surface area contributed by atoms with Crippen molar-refractivity contribution in [3.63, 3.8) is 0 Å². The highest BCUT2D eigenvalue weighted by Crippen LogP contribution is 2.75. The van der Waals surface area contributed by atoms with Gasteiger partial charge in [0.2, 0.25) is 17.6 Å². The Balaban J connectivity index is 2.31. The molecule has 1 saturated carbocycles. The molecule has 2 bridgehead atoms. The fourth-order valence-corrected chi connectivity index (χ4v) is 6.40. The minimum Gasteiger partial charge on any atom is -0.350 e. The predicted octanol–water partition coefficient (Wildman–Crippen LogP) is 2.66. The van der Waals surface area contributed by atoms with E-state index in [1.54, 1.807) is 13.8 Å². The summed E-state index contributed by atoms with van der Waals surface area (Å²) in [5, 5.41) is -0.0416. The normalized spacial score (nSPS) is 41.5. The Kier molecular flexibility index (Phi) is 3.86. The maximum atomic E-state index is 12.9. The second kappa shape index (κ2) is 4.99. The van der Waals surface area contributed by atoms with Crippen molar-refractivity contribution in [3.8, 4) is 0 Å². The fourth-order valence-electron chi connectivity index (χ4n) is 4.24. The van der Waals surface area contributed by atoms with Gasteiger partial charge < -0.3 is 9.47 Å². The lowest BCUT2D eigenvalue weighted by Crippen LogP contribution is -2.60. The molecule has 0 aromatic carbocycles. The number of carbonyl (C=O) groups excluding carboxylic acids is 2. The third-order valence-electron chi connectivity index (χ3n) is 5.08. The SMILES string of the molecule is COC1(OC)C2(Cl)C(Cl)=C(Cl)C1(Cl)C1C(=O)N(C(C)C)C(=O)C12. The predicted molar refractivity (Wildman–Crippen MR) is 86.6 cm³/mol. The molecular weight excluding hydrogens is 388 g/mol. The van der Waals surface area contributed by atoms with E-state index in [2.05, 4.69) is 0 Å². The van der Waals surface area contributed by atoms with Crippen LogP contribution in [0.25, 0.3) is 0 Å². The van der Waals surface area contributed by atoms with Gasteiger partial charge in [0.05, 0.1) is 21.9 Å². The van der Waals surface area contributed by atoms with E-state index in [-0.39, 0.29) is 16.1 Å². The Hall–Kier alpha value is -0.0400. The van der Waals surface area contributed by atoms with Gasteiger partial charge in [0.1, 0.15) is 9.75 Å². The number of fused-ring (bicyclic) bond motifs is 5. The zero-order chi connectivity index (χ0) is 17.5. The summed E-state index contributed by atoms with van der Waals surface area (Å²) in [6, 6.07) is -0.336. The maximum Gasteiger partial charge on any atom is 0.235 e. The Morgan fingerprint density at radius 1 is 0.957 bits per heavy atom. The first-order valence-electron chi connectivity index (χ1n) is 6.99. The number of nitrogens with zero attached hydrogens (tertiary/aromatic N) is 1. The molecule has 4 unspecified atom stereocenters. The molecule has 0 aromatic rings. The van der Waals surface area contributed by atoms with Crippen LogP contribution in [0.2, 0.25) is 0 Å². The van der Waals surface area contributed by atoms with Crippen LogP contribution in [-0.4, -0.2) is 52.5 Å². The topological polar surface area (TPSA) is 55.8 Å². The molecular formula is C14H15Cl4NO4. The first kappa shape index (κ1) is 17.8. The summed E-state index contributed by atoms with van der Waals surface area (Å²) in [5.41, 5.74) is 0. The van der Waals surface area contributed by atoms with Crippen molar-refractivity contribution in [2.45, 2.75) is 35.4 Å². The van der Waals surface area contributed by atoms with E-state index in [1.165, 1.54) is 14.2 Å². The number of hydrogen-bond acceptors (Lipinski definition) is 4. The molecule has 1 aliphatic heterocycles. The van der Waals surface area contributed by atoms with Crippen LogP contribution in [0.4, 0.5) is 0 Å². The number of likely N-dealkylation sites (tertiary alicyclic amines) is 1. The number of rotatable bonds is 3. The number of carbonyl (C=O) groups is 2. The number of methoxy groups -OCH3 is 2. The molecule has 2 fully saturated rings. The van der Waals surface area contributed by atoms with E-state index in [0.717, 1.165) is 4.90 Å². The second-order valence-electron chi connectivity index (χ2n) is 6.17. The van der Waals surface area contributed by atoms with E-state index in [9.17, 15) is 9.59 Å². The minimum absolute atomic E-state index is 0.0208. The molecule has 1 saturated heterocycles. The highest BCUT2D eigenvalue weighted by atomic mass is 35.5. The Morgan fingerprint density at radius 3 is 1.57 bits per heavy atom. The molecule has 0 aromatic heterocycles. The van der Waals surface area contributed by atoms with Crippen molar-refractivity contribution >= 4 is 58.2 Å². The van der Waals surface area contributed by atoms with Gasteiger partial charge in [0.25, 0.3) is 0 Å². The molecule has 128 valence electrons. The van der Waals surface area contributed by atoms with E-state index in [1.807, 2.05) is 0 Å². The molecule has 3 aliphatic rings. The van der Waals surface area contributed by atoms with Crippen molar-refractivity contribution in [3.05, 3.63) is 10.1 Å². The molecule has 1 heterocycles. The van der Waals surface area contributed by atoms with Crippen molar-refractivity contribution < 1.29 is 19.1 Å². The highest BCUT2D eigenvalue weighted by Gasteiger charge is 2.89. The number of ether oxygens (including phenoxy) is 2. The van der Waals surface area contributed by atoms with Crippen LogP contribution in [0, 0.1) is 11.8 Å². The first-order chi connectivity index (χ1) is 10.6. The van der Waals surface area contributed by atoms with Crippen LogP contribution in [0.1, 0.15) is 13.8 Å². The average Bonchev–Trinajstić information content (AvgIpc) is 2.91. The maximum absolute atomic E-state index is 12.9. The van der Waals surface area contributed by atoms with Crippen molar-refractivity contribution in [1.82, 2.24) is 4.90 Å². The van der Waals surface area contributed by atoms with Gasteiger partial charge in [-0.1, -0.05) is 23.2 Å². The highest BCUT2D eigenvalue weighted by molar-refractivity contribution is 6.53. The zero-order valence-electron chi connectivity index (χ0n) is 12.8. The Labute approximate surface area is 153 Å². The van der Waals surface area contributed by atoms with Gasteiger partial charge in [-0.05, 0) is 13.8 Å². The van der Waals surface area contributed by atoms with Gasteiger partial charge >= 0.3 is 0 Å². The van der Waals surface area contributed by atoms with Gasteiger partial charge in [-0.25, -0.2) is 0 Å². The second-order valence-corrected chi connectivity index (χ2v) is 8.12. The number of hydrogen-bond donors (Lipinski definition) is 0. The van der Waals surface area contributed by atoms with Crippen LogP contribution in [0.5, 0.6) is 0 Å². The summed E-state index contributed by atoms with van der Waals surface area (Å²) < 4.78 is 11.0. The third-order valence-corrected chi connectivity index (χ3v) is 7.69. The molecule has 0 N–H and O–H groups in total. The van der Waals surface area contributed by atoms with Crippen molar-refractivity contribution in [2.24, 2.45) is 11.8 Å². The molecule has 2 amide bonds. The smallest absolute Gasteiger partial charge is 0.235 e. The summed E-state index contributed by atoms with van der Waals surface area (Å²) in [5.74, 6) is -4.64. The van der Waals surface area contributed by atoms with E-state index in [4.69, 9.17) is 55.9 Å². The van der Waals surface area contributed by atoms with Gasteiger partial charge in [0.15, 0.2) is 0 Å². The average molecular weight is 403 g/mol. The molecule has 4 atom stereocenters. The quantitative estimate of drug-likeness (QED) is 0.413. The van der Waals surface area contributed by atoms with Crippen LogP contribution in [0.15, 0.2) is 10.1 Å². The molecule has 0 radical (unpaired) electrons. The zero-order valence-corrected chi connectivity index (χ0v) is 15.8. The van der Waals surface area contributed by atoms with E-state index in [0.29, 0.717) is 0 Å². The van der Waals surface area contributed by atoms with Gasteiger partial charge in [-0.15, -0.1) is 23.2 Å². The Bertz CT molecular complexity index is 601. The van der Waals surface area contributed by atoms with Gasteiger partial charge in [-0.2, -0.15) is 0 Å². The van der Waals surface area contributed by atoms with Crippen LogP contribution >= 0.6 is 46.4 Å². The Morgan fingerprint density at radius 2 is 1.30 bits per heavy atom. The summed E-state index contributed by atoms with van der Waals surface area (Å²) in [6.45, 7) is 3.47. The molecule has 23 heavy (non-hydrogen) atoms. The number of imide groups is 1. The molecule has 2 aliphatic carbocycles. The lowest BCUT2D eigenvalue weighted by Gasteiger charge is -2.42. The molecule has 5 nitrogen and oxygen atoms in total. The molecule has 9 heteroatoms. The fraction of sp³-hybridized carbons (Fsp3) is 0.714. The third kappa shape index (κ3) is 1.52. The molecule has 3 rings (SSSR count). The van der Waals surface area contributed by atoms with Gasteiger partial charge in [0, 0.05) is 20.3 Å². The van der Waals surface area contributed by atoms with Crippen molar-refractivity contribution in [1.29, 1.82) is 0 Å². The van der Waals surface area contributed by atoms with Crippen LogP contribution in [0.3, 0.4) is 0 Å². The van der Waals surface area contributed by atoms with Gasteiger partial charge in [-0.3, -0.25) is 14.5 Å². The van der Waals surface area contributed by atoms with Crippen LogP contribution < -0.4 is 0 Å². The number of halogens is 4. The first-order valence-corrected chi connectivity index (χ1v) is 8.50. The number of amides is 2. The summed E-state index contributed by atoms with van der Waals surface area (Å²) in [6.07, 6.45) is 0. The summed E-state index contributed by atoms with van der Waals surface area (Å²) in [4.78, 5) is 23.6. The molecule has 0 spiro atoms. The minimum atomic E-state index is -1.72. The van der Waals surface area contributed by atoms with E-state index < -0.39 is 39.2 Å². The van der Waals surface area contributed by atoms with E-state index >= 15 is 0 Å². The largest absolute Gasteiger partial charge is 0.350 e. The lowest BCUT2D eigenvalue weighted by molar-refractivity contribution is -0.222. The monoisotopic (exact) mass is 401 g/mol. The van der Waals surface area contributed by atoms with Crippen molar-refractivity contribution in [2.75, 3.05) is 14.2 Å². The number of alkyl halides is 2.